The Morgan fingerprint density at radius 3 is 2.86 bits per heavy atom. The number of para-hydroxylation sites is 1. The fourth-order valence-electron chi connectivity index (χ4n) is 2.71. The van der Waals surface area contributed by atoms with Gasteiger partial charge in [-0.25, -0.2) is 0 Å². The summed E-state index contributed by atoms with van der Waals surface area (Å²) in [6, 6.07) is 13.0. The highest BCUT2D eigenvalue weighted by molar-refractivity contribution is 5.93. The van der Waals surface area contributed by atoms with Gasteiger partial charge >= 0.3 is 0 Å². The Morgan fingerprint density at radius 1 is 1.27 bits per heavy atom. The largest absolute Gasteiger partial charge is 0.457 e. The summed E-state index contributed by atoms with van der Waals surface area (Å²) in [5.74, 6) is 1.26. The Labute approximate surface area is 129 Å². The quantitative estimate of drug-likeness (QED) is 0.941. The molecule has 1 fully saturated rings. The maximum Gasteiger partial charge on any atom is 0.272 e. The molecular formula is C17H19N3O2. The van der Waals surface area contributed by atoms with E-state index in [0.717, 1.165) is 25.1 Å². The molecule has 2 N–H and O–H groups in total. The van der Waals surface area contributed by atoms with E-state index >= 15 is 0 Å². The molecule has 0 saturated carbocycles. The third-order valence-corrected chi connectivity index (χ3v) is 3.84. The average Bonchev–Trinajstić information content (AvgIpc) is 3.04. The molecule has 1 amide bonds. The number of carbonyl (C=O) groups excluding carboxylic acids is 1. The van der Waals surface area contributed by atoms with E-state index in [2.05, 4.69) is 4.98 Å². The molecule has 1 atom stereocenters. The number of ether oxygens (including phenoxy) is 1. The van der Waals surface area contributed by atoms with Gasteiger partial charge in [-0.2, -0.15) is 0 Å². The summed E-state index contributed by atoms with van der Waals surface area (Å²) in [6.07, 6.45) is 3.55. The smallest absolute Gasteiger partial charge is 0.272 e. The van der Waals surface area contributed by atoms with E-state index in [-0.39, 0.29) is 11.9 Å². The first-order valence-electron chi connectivity index (χ1n) is 7.48. The van der Waals surface area contributed by atoms with Crippen molar-refractivity contribution in [1.82, 2.24) is 9.88 Å². The van der Waals surface area contributed by atoms with Gasteiger partial charge < -0.3 is 15.4 Å². The summed E-state index contributed by atoms with van der Waals surface area (Å²) in [5, 5.41) is 0. The topological polar surface area (TPSA) is 68.5 Å². The first kappa shape index (κ1) is 14.5. The van der Waals surface area contributed by atoms with E-state index in [1.807, 2.05) is 35.2 Å². The summed E-state index contributed by atoms with van der Waals surface area (Å²) in [5.41, 5.74) is 6.13. The van der Waals surface area contributed by atoms with Crippen molar-refractivity contribution in [2.75, 3.05) is 13.1 Å². The molecule has 1 saturated heterocycles. The molecule has 0 aliphatic carbocycles. The van der Waals surface area contributed by atoms with Gasteiger partial charge in [-0.3, -0.25) is 9.78 Å². The van der Waals surface area contributed by atoms with Crippen molar-refractivity contribution in [2.45, 2.75) is 18.9 Å². The minimum atomic E-state index is -0.0774. The van der Waals surface area contributed by atoms with Crippen LogP contribution in [-0.4, -0.2) is 34.9 Å². The van der Waals surface area contributed by atoms with Crippen LogP contribution in [0.4, 0.5) is 0 Å². The second kappa shape index (κ2) is 6.58. The number of likely N-dealkylation sites (tertiary alicyclic amines) is 1. The van der Waals surface area contributed by atoms with Crippen LogP contribution in [-0.2, 0) is 0 Å². The van der Waals surface area contributed by atoms with Crippen LogP contribution in [0.5, 0.6) is 11.5 Å². The number of nitrogens with zero attached hydrogens (tertiary/aromatic N) is 2. The summed E-state index contributed by atoms with van der Waals surface area (Å²) in [6.45, 7) is 1.23. The van der Waals surface area contributed by atoms with Crippen molar-refractivity contribution in [3.63, 3.8) is 0 Å². The van der Waals surface area contributed by atoms with Gasteiger partial charge in [0.05, 0.1) is 0 Å². The molecule has 1 aromatic carbocycles. The Balaban J connectivity index is 1.77. The molecule has 22 heavy (non-hydrogen) atoms. The molecular weight excluding hydrogens is 278 g/mol. The number of nitrogens with two attached hydrogens (primary N) is 1. The number of hydrogen-bond donors (Lipinski definition) is 1. The molecule has 0 spiro atoms. The molecule has 1 aromatic heterocycles. The zero-order valence-electron chi connectivity index (χ0n) is 12.3. The fourth-order valence-corrected chi connectivity index (χ4v) is 2.71. The molecule has 5 nitrogen and oxygen atoms in total. The SMILES string of the molecule is NC[C@H]1CCCN1C(=O)c1cc(Oc2ccccc2)ccn1. The normalized spacial score (nSPS) is 17.5. The van der Waals surface area contributed by atoms with Gasteiger partial charge in [-0.05, 0) is 31.0 Å². The minimum Gasteiger partial charge on any atom is -0.457 e. The number of pyridine rings is 1. The summed E-state index contributed by atoms with van der Waals surface area (Å²) >= 11 is 0. The third kappa shape index (κ3) is 3.09. The molecule has 1 aliphatic heterocycles. The van der Waals surface area contributed by atoms with Crippen LogP contribution in [0.1, 0.15) is 23.3 Å². The predicted octanol–water partition coefficient (Wildman–Crippen LogP) is 2.44. The maximum absolute atomic E-state index is 12.6. The Morgan fingerprint density at radius 2 is 2.09 bits per heavy atom. The van der Waals surface area contributed by atoms with Crippen molar-refractivity contribution in [1.29, 1.82) is 0 Å². The van der Waals surface area contributed by atoms with Crippen LogP contribution in [0.2, 0.25) is 0 Å². The van der Waals surface area contributed by atoms with Crippen LogP contribution in [0.3, 0.4) is 0 Å². The summed E-state index contributed by atoms with van der Waals surface area (Å²) in [4.78, 5) is 18.6. The van der Waals surface area contributed by atoms with Crippen LogP contribution in [0, 0.1) is 0 Å². The van der Waals surface area contributed by atoms with Gasteiger partial charge in [-0.1, -0.05) is 18.2 Å². The second-order valence-corrected chi connectivity index (χ2v) is 5.32. The van der Waals surface area contributed by atoms with Crippen molar-refractivity contribution >= 4 is 5.91 Å². The number of hydrogen-bond acceptors (Lipinski definition) is 4. The lowest BCUT2D eigenvalue weighted by Crippen LogP contribution is -2.40. The second-order valence-electron chi connectivity index (χ2n) is 5.32. The van der Waals surface area contributed by atoms with E-state index in [0.29, 0.717) is 18.0 Å². The fraction of sp³-hybridized carbons (Fsp3) is 0.294. The van der Waals surface area contributed by atoms with E-state index in [1.54, 1.807) is 18.3 Å². The van der Waals surface area contributed by atoms with Crippen LogP contribution < -0.4 is 10.5 Å². The van der Waals surface area contributed by atoms with E-state index in [9.17, 15) is 4.79 Å². The van der Waals surface area contributed by atoms with Gasteiger partial charge in [0.1, 0.15) is 17.2 Å². The molecule has 0 bridgehead atoms. The number of amides is 1. The minimum absolute atomic E-state index is 0.0774. The van der Waals surface area contributed by atoms with E-state index in [4.69, 9.17) is 10.5 Å². The standard InChI is InChI=1S/C17H19N3O2/c18-12-13-5-4-10-20(13)17(21)16-11-15(8-9-19-16)22-14-6-2-1-3-7-14/h1-3,6-9,11,13H,4-5,10,12,18H2/t13-/m1/s1. The molecule has 5 heteroatoms. The summed E-state index contributed by atoms with van der Waals surface area (Å²) in [7, 11) is 0. The first-order valence-corrected chi connectivity index (χ1v) is 7.48. The van der Waals surface area contributed by atoms with Gasteiger partial charge in [0, 0.05) is 31.4 Å². The lowest BCUT2D eigenvalue weighted by atomic mass is 10.2. The van der Waals surface area contributed by atoms with Gasteiger partial charge in [0.25, 0.3) is 5.91 Å². The van der Waals surface area contributed by atoms with Crippen LogP contribution in [0.25, 0.3) is 0 Å². The third-order valence-electron chi connectivity index (χ3n) is 3.84. The number of aromatic nitrogens is 1. The molecule has 1 aliphatic rings. The summed E-state index contributed by atoms with van der Waals surface area (Å²) < 4.78 is 5.75. The highest BCUT2D eigenvalue weighted by Crippen LogP contribution is 2.23. The van der Waals surface area contributed by atoms with Gasteiger partial charge in [-0.15, -0.1) is 0 Å². The number of benzene rings is 1. The zero-order chi connectivity index (χ0) is 15.4. The lowest BCUT2D eigenvalue weighted by molar-refractivity contribution is 0.0735. The van der Waals surface area contributed by atoms with E-state index in [1.165, 1.54) is 0 Å². The highest BCUT2D eigenvalue weighted by atomic mass is 16.5. The first-order chi connectivity index (χ1) is 10.8. The van der Waals surface area contributed by atoms with Crippen molar-refractivity contribution in [2.24, 2.45) is 5.73 Å². The Kier molecular flexibility index (Phi) is 4.34. The zero-order valence-corrected chi connectivity index (χ0v) is 12.3. The van der Waals surface area contributed by atoms with Crippen molar-refractivity contribution in [3.8, 4) is 11.5 Å². The molecule has 0 unspecified atom stereocenters. The predicted molar refractivity (Wildman–Crippen MR) is 83.9 cm³/mol. The van der Waals surface area contributed by atoms with Crippen molar-refractivity contribution in [3.05, 3.63) is 54.4 Å². The number of rotatable bonds is 4. The maximum atomic E-state index is 12.6. The Hall–Kier alpha value is -2.40. The lowest BCUT2D eigenvalue weighted by Gasteiger charge is -2.23. The average molecular weight is 297 g/mol. The van der Waals surface area contributed by atoms with Gasteiger partial charge in [0.15, 0.2) is 0 Å². The Bertz CT molecular complexity index is 645. The molecule has 0 radical (unpaired) electrons. The molecule has 2 heterocycles. The monoisotopic (exact) mass is 297 g/mol. The molecule has 2 aromatic rings. The van der Waals surface area contributed by atoms with Crippen molar-refractivity contribution < 1.29 is 9.53 Å². The number of carbonyl (C=O) groups is 1. The molecule has 3 rings (SSSR count). The van der Waals surface area contributed by atoms with Crippen LogP contribution in [0.15, 0.2) is 48.7 Å². The van der Waals surface area contributed by atoms with Crippen LogP contribution >= 0.6 is 0 Å². The highest BCUT2D eigenvalue weighted by Gasteiger charge is 2.29. The van der Waals surface area contributed by atoms with Gasteiger partial charge in [0.2, 0.25) is 0 Å². The van der Waals surface area contributed by atoms with E-state index < -0.39 is 0 Å². The molecule has 114 valence electrons.